The third-order valence-electron chi connectivity index (χ3n) is 7.30. The van der Waals surface area contributed by atoms with Crippen LogP contribution in [0.2, 0.25) is 0 Å². The molecule has 0 unspecified atom stereocenters. The van der Waals surface area contributed by atoms with Gasteiger partial charge in [-0.05, 0) is 71.9 Å². The Bertz CT molecular complexity index is 1800. The Hall–Kier alpha value is -2.57. The Morgan fingerprint density at radius 3 is 0.964 bits per heavy atom. The second-order valence-corrected chi connectivity index (χ2v) is 16.4. The fourth-order valence-electron chi connectivity index (χ4n) is 4.57. The molecule has 3 rings (SSSR count). The Balaban J connectivity index is 0. The molecule has 0 aliphatic rings. The van der Waals surface area contributed by atoms with Crippen LogP contribution in [0.3, 0.4) is 0 Å². The first-order valence-electron chi connectivity index (χ1n) is 16.4. The van der Waals surface area contributed by atoms with Gasteiger partial charge < -0.3 is 9.11 Å². The molecule has 316 valence electrons. The molecule has 0 bridgehead atoms. The number of alkyl halides is 8. The van der Waals surface area contributed by atoms with Crippen LogP contribution in [0.25, 0.3) is 0 Å². The first-order valence-corrected chi connectivity index (χ1v) is 20.3. The first-order chi connectivity index (χ1) is 24.9. The van der Waals surface area contributed by atoms with E-state index in [1.807, 2.05) is 12.1 Å². The summed E-state index contributed by atoms with van der Waals surface area (Å²) in [6.45, 7) is 22.0. The van der Waals surface area contributed by atoms with E-state index >= 15 is 0 Å². The van der Waals surface area contributed by atoms with E-state index in [1.165, 1.54) is 22.3 Å². The minimum Gasteiger partial charge on any atom is -0.741 e. The van der Waals surface area contributed by atoms with Gasteiger partial charge in [0.25, 0.3) is 0 Å². The molecule has 1 heterocycles. The van der Waals surface area contributed by atoms with Crippen molar-refractivity contribution in [2.24, 2.45) is 9.98 Å². The Morgan fingerprint density at radius 2 is 0.786 bits per heavy atom. The monoisotopic (exact) mass is 919 g/mol. The van der Waals surface area contributed by atoms with Gasteiger partial charge in [-0.25, -0.2) is 21.8 Å². The Morgan fingerprint density at radius 1 is 0.589 bits per heavy atom. The van der Waals surface area contributed by atoms with Crippen molar-refractivity contribution in [2.75, 3.05) is 5.34 Å². The zero-order valence-corrected chi connectivity index (χ0v) is 36.4. The minimum atomic E-state index is -6.09. The first kappa shape index (κ1) is 55.5. The van der Waals surface area contributed by atoms with Crippen molar-refractivity contribution >= 4 is 66.2 Å². The summed E-state index contributed by atoms with van der Waals surface area (Å²) in [5.74, 6) is 1.61. The maximum absolute atomic E-state index is 10.7. The summed E-state index contributed by atoms with van der Waals surface area (Å²) in [5.41, 5.74) is -0.387. The van der Waals surface area contributed by atoms with E-state index < -0.39 is 31.3 Å². The summed E-state index contributed by atoms with van der Waals surface area (Å²) < 4.78 is 118. The van der Waals surface area contributed by atoms with Crippen molar-refractivity contribution in [3.8, 4) is 0 Å². The molecule has 0 spiro atoms. The Labute approximate surface area is 346 Å². The number of halogens is 8. The topological polar surface area (TPSA) is 152 Å². The van der Waals surface area contributed by atoms with Gasteiger partial charge in [-0.1, -0.05) is 97.9 Å². The summed E-state index contributed by atoms with van der Waals surface area (Å²) in [6, 6.07) is 19.2. The van der Waals surface area contributed by atoms with Crippen LogP contribution in [0.4, 0.5) is 37.7 Å². The second kappa shape index (κ2) is 23.7. The third kappa shape index (κ3) is 17.9. The van der Waals surface area contributed by atoms with Crippen LogP contribution in [0, 0.1) is 0 Å². The molecule has 0 radical (unpaired) electrons. The van der Waals surface area contributed by atoms with Crippen molar-refractivity contribution in [3.05, 3.63) is 88.2 Å². The molecule has 2 aromatic carbocycles. The SMILES string of the molecule is CC(=Nc1c(C(C)C)cccc1C(C)C)c1cccc(C(C)=Nc2c(C(C)C)cccc2C(C)C)n1.ClCCl.O=S(=O)([O-])C(F)(F)F.O=S(=O)([O-])C(F)(F)F.[Fe+2]. The van der Waals surface area contributed by atoms with Crippen LogP contribution in [-0.2, 0) is 37.3 Å². The van der Waals surface area contributed by atoms with Gasteiger partial charge in [-0.2, -0.15) is 26.3 Å². The van der Waals surface area contributed by atoms with Crippen molar-refractivity contribution in [2.45, 2.75) is 104 Å². The molecule has 56 heavy (non-hydrogen) atoms. The average Bonchev–Trinajstić information content (AvgIpc) is 3.03. The zero-order chi connectivity index (χ0) is 43.3. The molecule has 20 heteroatoms. The van der Waals surface area contributed by atoms with Gasteiger partial charge >= 0.3 is 28.1 Å². The molecule has 0 saturated carbocycles. The zero-order valence-electron chi connectivity index (χ0n) is 32.2. The van der Waals surface area contributed by atoms with E-state index in [1.54, 1.807) is 0 Å². The predicted molar refractivity (Wildman–Crippen MR) is 205 cm³/mol. The van der Waals surface area contributed by atoms with Crippen molar-refractivity contribution < 1.29 is 69.4 Å². The van der Waals surface area contributed by atoms with Crippen molar-refractivity contribution in [3.63, 3.8) is 0 Å². The van der Waals surface area contributed by atoms with Gasteiger partial charge in [0.05, 0.1) is 39.5 Å². The van der Waals surface area contributed by atoms with E-state index in [0.29, 0.717) is 23.7 Å². The number of hydrogen-bond acceptors (Lipinski definition) is 9. The molecule has 0 fully saturated rings. The van der Waals surface area contributed by atoms with Crippen molar-refractivity contribution in [1.82, 2.24) is 4.98 Å². The smallest absolute Gasteiger partial charge is 0.741 e. The van der Waals surface area contributed by atoms with E-state index in [-0.39, 0.29) is 22.4 Å². The number of pyridine rings is 1. The molecular weight excluding hydrogens is 875 g/mol. The normalized spacial score (nSPS) is 12.6. The summed E-state index contributed by atoms with van der Waals surface area (Å²) in [4.78, 5) is 15.3. The number of para-hydroxylation sites is 2. The number of benzene rings is 2. The van der Waals surface area contributed by atoms with Gasteiger partial charge in [0.1, 0.15) is 0 Å². The molecule has 0 aliphatic heterocycles. The van der Waals surface area contributed by atoms with E-state index in [9.17, 15) is 26.3 Å². The fourth-order valence-corrected chi connectivity index (χ4v) is 4.57. The van der Waals surface area contributed by atoms with E-state index in [2.05, 4.69) is 112 Å². The van der Waals surface area contributed by atoms with Gasteiger partial charge in [0.15, 0.2) is 20.2 Å². The van der Waals surface area contributed by atoms with E-state index in [0.717, 1.165) is 34.2 Å². The van der Waals surface area contributed by atoms with Crippen LogP contribution < -0.4 is 0 Å². The molecule has 1 aromatic heterocycles. The number of nitrogens with zero attached hydrogens (tertiary/aromatic N) is 3. The molecule has 0 aliphatic carbocycles. The molecule has 9 nitrogen and oxygen atoms in total. The Kier molecular flexibility index (Phi) is 23.5. The second-order valence-electron chi connectivity index (χ2n) is 12.9. The molecule has 0 N–H and O–H groups in total. The van der Waals surface area contributed by atoms with Gasteiger partial charge in [-0.3, -0.25) is 9.98 Å². The van der Waals surface area contributed by atoms with E-state index in [4.69, 9.17) is 64.1 Å². The number of aromatic nitrogens is 1. The van der Waals surface area contributed by atoms with Crippen molar-refractivity contribution in [1.29, 1.82) is 0 Å². The van der Waals surface area contributed by atoms with Gasteiger partial charge in [0, 0.05) is 0 Å². The van der Waals surface area contributed by atoms with Crippen LogP contribution in [0.1, 0.15) is 127 Å². The molecular formula is C36H45Cl2F6FeN3O6S2. The third-order valence-corrected chi connectivity index (χ3v) is 8.44. The van der Waals surface area contributed by atoms with Crippen LogP contribution >= 0.6 is 23.2 Å². The number of aliphatic imine (C=N–C) groups is 2. The maximum atomic E-state index is 10.7. The van der Waals surface area contributed by atoms with Crippen LogP contribution in [0.15, 0.2) is 64.6 Å². The summed E-state index contributed by atoms with van der Waals surface area (Å²) in [6.07, 6.45) is 0. The quantitative estimate of drug-likeness (QED) is 0.0544. The minimum absolute atomic E-state index is 0. The predicted octanol–water partition coefficient (Wildman–Crippen LogP) is 11.4. The van der Waals surface area contributed by atoms with Gasteiger partial charge in [0.2, 0.25) is 0 Å². The largest absolute Gasteiger partial charge is 2.00 e. The van der Waals surface area contributed by atoms with Crippen LogP contribution in [0.5, 0.6) is 0 Å². The molecule has 0 amide bonds. The average molecular weight is 921 g/mol. The molecule has 0 saturated heterocycles. The molecule has 3 aromatic rings. The summed E-state index contributed by atoms with van der Waals surface area (Å²) in [7, 11) is -12.2. The fraction of sp³-hybridized carbons (Fsp3) is 0.472. The standard InChI is InChI=1S/C33H43N3.CH2Cl2.2CHF3O3S.Fe/c1-20(2)26-14-11-15-27(21(3)4)32(26)34-24(9)30-18-13-19-31(36-30)25(10)35-33-28(22(5)6)16-12-17-29(33)23(7)8;2-1-3;2*2-1(3,4)8(5,6)7;/h11-23H,1-10H3;1H2;2*(H,5,6,7);/q;;;;+2/p-2. The maximum Gasteiger partial charge on any atom is 2.00 e. The number of rotatable bonds is 8. The van der Waals surface area contributed by atoms with Crippen LogP contribution in [-0.4, -0.2) is 58.7 Å². The summed E-state index contributed by atoms with van der Waals surface area (Å²) in [5, 5.41) is 0.194. The van der Waals surface area contributed by atoms with Gasteiger partial charge in [-0.15, -0.1) is 23.2 Å². The summed E-state index contributed by atoms with van der Waals surface area (Å²) >= 11 is 9.53. The molecule has 0 atom stereocenters. The number of hydrogen-bond donors (Lipinski definition) is 0.